The molecule has 2 aromatic carbocycles. The van der Waals surface area contributed by atoms with Gasteiger partial charge in [0.05, 0.1) is 0 Å². The Bertz CT molecular complexity index is 568. The van der Waals surface area contributed by atoms with Crippen LogP contribution in [0.25, 0.3) is 0 Å². The number of hydrogen-bond donors (Lipinski definition) is 0. The fourth-order valence-electron chi connectivity index (χ4n) is 2.25. The van der Waals surface area contributed by atoms with E-state index < -0.39 is 11.2 Å². The van der Waals surface area contributed by atoms with Gasteiger partial charge in [-0.05, 0) is 17.7 Å². The Labute approximate surface area is 109 Å². The third-order valence-electron chi connectivity index (χ3n) is 3.11. The van der Waals surface area contributed by atoms with Crippen molar-refractivity contribution in [2.75, 3.05) is 0 Å². The van der Waals surface area contributed by atoms with Crippen molar-refractivity contribution in [3.05, 3.63) is 59.2 Å². The zero-order valence-electron chi connectivity index (χ0n) is 9.15. The van der Waals surface area contributed by atoms with Crippen LogP contribution < -0.4 is 0 Å². The van der Waals surface area contributed by atoms with E-state index in [0.29, 0.717) is 5.88 Å². The summed E-state index contributed by atoms with van der Waals surface area (Å²) in [6.45, 7) is 0. The van der Waals surface area contributed by atoms with Crippen molar-refractivity contribution < 1.29 is 4.55 Å². The van der Waals surface area contributed by atoms with Crippen LogP contribution in [0.1, 0.15) is 16.7 Å². The van der Waals surface area contributed by atoms with Crippen molar-refractivity contribution >= 4 is 22.8 Å². The van der Waals surface area contributed by atoms with Gasteiger partial charge in [0, 0.05) is 34.6 Å². The predicted molar refractivity (Wildman–Crippen MR) is 69.9 cm³/mol. The van der Waals surface area contributed by atoms with E-state index in [0.717, 1.165) is 32.9 Å². The monoisotopic (exact) mass is 262 g/mol. The maximum Gasteiger partial charge on any atom is 0.162 e. The molecule has 0 fully saturated rings. The molecule has 86 valence electrons. The molecule has 1 unspecified atom stereocenters. The van der Waals surface area contributed by atoms with E-state index in [2.05, 4.69) is 0 Å². The Morgan fingerprint density at radius 1 is 1.06 bits per heavy atom. The van der Waals surface area contributed by atoms with Crippen LogP contribution in [0.4, 0.5) is 0 Å². The summed E-state index contributed by atoms with van der Waals surface area (Å²) in [7, 11) is 0. The summed E-state index contributed by atoms with van der Waals surface area (Å²) in [5.41, 5.74) is 3.38. The van der Waals surface area contributed by atoms with Crippen LogP contribution in [0.2, 0.25) is 0 Å². The topological polar surface area (TPSA) is 23.1 Å². The molecular weight excluding hydrogens is 252 g/mol. The van der Waals surface area contributed by atoms with Crippen LogP contribution in [0, 0.1) is 0 Å². The van der Waals surface area contributed by atoms with Crippen molar-refractivity contribution in [3.8, 4) is 0 Å². The lowest BCUT2D eigenvalue weighted by atomic mass is 10.00. The van der Waals surface area contributed by atoms with Gasteiger partial charge in [0.15, 0.2) is 9.79 Å². The zero-order chi connectivity index (χ0) is 11.8. The molecule has 1 aliphatic rings. The van der Waals surface area contributed by atoms with Gasteiger partial charge in [-0.2, -0.15) is 0 Å². The minimum atomic E-state index is -1.06. The van der Waals surface area contributed by atoms with Crippen LogP contribution in [0.5, 0.6) is 0 Å². The Hall–Kier alpha value is -0.960. The standard InChI is InChI=1S/C14H11ClOS/c15-9-11-5-3-7-14-12(11)8-10-4-1-2-6-13(10)17(14)16/h1-7H,8-9H2. The van der Waals surface area contributed by atoms with Gasteiger partial charge in [-0.15, -0.1) is 11.6 Å². The molecule has 0 radical (unpaired) electrons. The van der Waals surface area contributed by atoms with E-state index in [1.165, 1.54) is 0 Å². The van der Waals surface area contributed by atoms with Crippen molar-refractivity contribution in [1.82, 2.24) is 0 Å². The first-order valence-electron chi connectivity index (χ1n) is 5.47. The van der Waals surface area contributed by atoms with Gasteiger partial charge in [-0.3, -0.25) is 0 Å². The SMILES string of the molecule is [O-][S+]1c2ccccc2Cc2c(CCl)cccc21. The van der Waals surface area contributed by atoms with Gasteiger partial charge < -0.3 is 4.55 Å². The summed E-state index contributed by atoms with van der Waals surface area (Å²) in [5.74, 6) is 0.475. The summed E-state index contributed by atoms with van der Waals surface area (Å²) >= 11 is 4.88. The second-order valence-electron chi connectivity index (χ2n) is 4.08. The van der Waals surface area contributed by atoms with Gasteiger partial charge in [0.25, 0.3) is 0 Å². The van der Waals surface area contributed by atoms with Gasteiger partial charge in [-0.25, -0.2) is 0 Å². The van der Waals surface area contributed by atoms with Gasteiger partial charge in [-0.1, -0.05) is 30.3 Å². The van der Waals surface area contributed by atoms with Crippen LogP contribution in [0.3, 0.4) is 0 Å². The zero-order valence-corrected chi connectivity index (χ0v) is 10.7. The third-order valence-corrected chi connectivity index (χ3v) is 4.98. The fourth-order valence-corrected chi connectivity index (χ4v) is 3.95. The van der Waals surface area contributed by atoms with E-state index in [1.54, 1.807) is 0 Å². The van der Waals surface area contributed by atoms with Crippen LogP contribution >= 0.6 is 11.6 Å². The lowest BCUT2D eigenvalue weighted by molar-refractivity contribution is 0.590. The van der Waals surface area contributed by atoms with E-state index in [4.69, 9.17) is 11.6 Å². The van der Waals surface area contributed by atoms with Crippen LogP contribution in [0.15, 0.2) is 52.3 Å². The second-order valence-corrected chi connectivity index (χ2v) is 5.77. The van der Waals surface area contributed by atoms with E-state index in [1.807, 2.05) is 42.5 Å². The Kier molecular flexibility index (Phi) is 2.87. The summed E-state index contributed by atoms with van der Waals surface area (Å²) in [5, 5.41) is 0. The van der Waals surface area contributed by atoms with Crippen molar-refractivity contribution in [3.63, 3.8) is 0 Å². The highest BCUT2D eigenvalue weighted by atomic mass is 35.5. The van der Waals surface area contributed by atoms with Crippen molar-refractivity contribution in [1.29, 1.82) is 0 Å². The summed E-state index contributed by atoms with van der Waals surface area (Å²) in [4.78, 5) is 1.86. The van der Waals surface area contributed by atoms with E-state index >= 15 is 0 Å². The quantitative estimate of drug-likeness (QED) is 0.570. The Morgan fingerprint density at radius 3 is 2.65 bits per heavy atom. The molecule has 1 heterocycles. The molecule has 3 rings (SSSR count). The summed E-state index contributed by atoms with van der Waals surface area (Å²) < 4.78 is 12.4. The van der Waals surface area contributed by atoms with Crippen LogP contribution in [-0.4, -0.2) is 4.55 Å². The molecule has 0 spiro atoms. The van der Waals surface area contributed by atoms with E-state index in [9.17, 15) is 4.55 Å². The molecule has 3 heteroatoms. The van der Waals surface area contributed by atoms with Gasteiger partial charge in [0.1, 0.15) is 0 Å². The predicted octanol–water partition coefficient (Wildman–Crippen LogP) is 3.50. The molecule has 1 atom stereocenters. The third kappa shape index (κ3) is 1.77. The number of alkyl halides is 1. The maximum absolute atomic E-state index is 12.4. The molecule has 0 saturated heterocycles. The molecule has 1 nitrogen and oxygen atoms in total. The molecule has 0 N–H and O–H groups in total. The largest absolute Gasteiger partial charge is 0.606 e. The number of rotatable bonds is 1. The molecule has 0 bridgehead atoms. The minimum absolute atomic E-state index is 0.475. The first kappa shape index (κ1) is 11.1. The molecule has 1 aliphatic heterocycles. The number of hydrogen-bond acceptors (Lipinski definition) is 1. The highest BCUT2D eigenvalue weighted by Crippen LogP contribution is 2.36. The van der Waals surface area contributed by atoms with Crippen molar-refractivity contribution in [2.45, 2.75) is 22.1 Å². The molecule has 0 saturated carbocycles. The molecule has 2 aromatic rings. The molecular formula is C14H11ClOS. The first-order chi connectivity index (χ1) is 8.31. The average Bonchev–Trinajstić information content (AvgIpc) is 2.38. The maximum atomic E-state index is 12.4. The number of halogens is 1. The van der Waals surface area contributed by atoms with Gasteiger partial charge >= 0.3 is 0 Å². The minimum Gasteiger partial charge on any atom is -0.606 e. The Balaban J connectivity index is 2.19. The lowest BCUT2D eigenvalue weighted by Gasteiger charge is -2.23. The molecule has 0 amide bonds. The number of fused-ring (bicyclic) bond motifs is 2. The second kappa shape index (κ2) is 4.37. The summed E-state index contributed by atoms with van der Waals surface area (Å²) in [6, 6.07) is 13.8. The highest BCUT2D eigenvalue weighted by Gasteiger charge is 2.29. The Morgan fingerprint density at radius 2 is 1.82 bits per heavy atom. The molecule has 0 aromatic heterocycles. The first-order valence-corrected chi connectivity index (χ1v) is 7.16. The average molecular weight is 263 g/mol. The smallest absolute Gasteiger partial charge is 0.162 e. The van der Waals surface area contributed by atoms with Gasteiger partial charge in [0.2, 0.25) is 0 Å². The van der Waals surface area contributed by atoms with E-state index in [-0.39, 0.29) is 0 Å². The summed E-state index contributed by atoms with van der Waals surface area (Å²) in [6.07, 6.45) is 0.833. The molecule has 17 heavy (non-hydrogen) atoms. The normalized spacial score (nSPS) is 17.4. The highest BCUT2D eigenvalue weighted by molar-refractivity contribution is 7.91. The van der Waals surface area contributed by atoms with Crippen LogP contribution in [-0.2, 0) is 23.5 Å². The lowest BCUT2D eigenvalue weighted by Crippen LogP contribution is -2.15. The molecule has 0 aliphatic carbocycles. The van der Waals surface area contributed by atoms with Crippen molar-refractivity contribution in [2.24, 2.45) is 0 Å². The number of benzene rings is 2. The fraction of sp³-hybridized carbons (Fsp3) is 0.143.